The van der Waals surface area contributed by atoms with Crippen molar-refractivity contribution in [3.05, 3.63) is 30.0 Å². The SMILES string of the molecule is Cc1cncnc1N1CC2CN(C(=O)c3cn(C)nn3)CC2C1. The molecule has 0 N–H and O–H groups in total. The van der Waals surface area contributed by atoms with Gasteiger partial charge in [-0.05, 0) is 6.92 Å². The molecule has 2 saturated heterocycles. The van der Waals surface area contributed by atoms with Crippen LogP contribution in [0.1, 0.15) is 16.1 Å². The molecule has 2 aromatic heterocycles. The Morgan fingerprint density at radius 1 is 1.22 bits per heavy atom. The molecule has 8 nitrogen and oxygen atoms in total. The van der Waals surface area contributed by atoms with E-state index in [-0.39, 0.29) is 5.91 Å². The Morgan fingerprint density at radius 3 is 2.57 bits per heavy atom. The van der Waals surface area contributed by atoms with Crippen molar-refractivity contribution in [3.8, 4) is 0 Å². The van der Waals surface area contributed by atoms with Crippen molar-refractivity contribution in [3.63, 3.8) is 0 Å². The van der Waals surface area contributed by atoms with E-state index in [4.69, 9.17) is 0 Å². The number of hydrogen-bond acceptors (Lipinski definition) is 6. The van der Waals surface area contributed by atoms with Crippen molar-refractivity contribution >= 4 is 11.7 Å². The fourth-order valence-corrected chi connectivity index (χ4v) is 3.66. The van der Waals surface area contributed by atoms with Crippen LogP contribution in [0.15, 0.2) is 18.7 Å². The maximum atomic E-state index is 12.5. The van der Waals surface area contributed by atoms with E-state index in [9.17, 15) is 4.79 Å². The summed E-state index contributed by atoms with van der Waals surface area (Å²) in [6.07, 6.45) is 5.12. The summed E-state index contributed by atoms with van der Waals surface area (Å²) in [7, 11) is 1.77. The van der Waals surface area contributed by atoms with E-state index in [1.807, 2.05) is 18.0 Å². The van der Waals surface area contributed by atoms with E-state index < -0.39 is 0 Å². The lowest BCUT2D eigenvalue weighted by atomic mass is 10.0. The number of nitrogens with zero attached hydrogens (tertiary/aromatic N) is 7. The maximum Gasteiger partial charge on any atom is 0.276 e. The molecule has 4 rings (SSSR count). The van der Waals surface area contributed by atoms with Crippen LogP contribution in [0.4, 0.5) is 5.82 Å². The number of aromatic nitrogens is 5. The number of aryl methyl sites for hydroxylation is 2. The van der Waals surface area contributed by atoms with Gasteiger partial charge in [0.25, 0.3) is 5.91 Å². The molecule has 2 aliphatic heterocycles. The first kappa shape index (κ1) is 14.1. The van der Waals surface area contributed by atoms with E-state index in [2.05, 4.69) is 25.2 Å². The van der Waals surface area contributed by atoms with Crippen LogP contribution >= 0.6 is 0 Å². The molecule has 0 aliphatic carbocycles. The van der Waals surface area contributed by atoms with Crippen molar-refractivity contribution in [1.82, 2.24) is 29.9 Å². The summed E-state index contributed by atoms with van der Waals surface area (Å²) in [5.41, 5.74) is 1.52. The second-order valence-corrected chi connectivity index (χ2v) is 6.44. The maximum absolute atomic E-state index is 12.5. The highest BCUT2D eigenvalue weighted by Gasteiger charge is 2.42. The minimum Gasteiger partial charge on any atom is -0.356 e. The number of anilines is 1. The van der Waals surface area contributed by atoms with Gasteiger partial charge in [-0.2, -0.15) is 0 Å². The van der Waals surface area contributed by atoms with Gasteiger partial charge in [0.15, 0.2) is 5.69 Å². The number of carbonyl (C=O) groups is 1. The van der Waals surface area contributed by atoms with Crippen molar-refractivity contribution in [2.75, 3.05) is 31.1 Å². The lowest BCUT2D eigenvalue weighted by molar-refractivity contribution is 0.0776. The zero-order valence-corrected chi connectivity index (χ0v) is 13.3. The summed E-state index contributed by atoms with van der Waals surface area (Å²) in [4.78, 5) is 25.2. The molecule has 120 valence electrons. The van der Waals surface area contributed by atoms with Gasteiger partial charge in [-0.15, -0.1) is 5.10 Å². The second kappa shape index (κ2) is 5.29. The van der Waals surface area contributed by atoms with Crippen LogP contribution in [0.2, 0.25) is 0 Å². The first-order chi connectivity index (χ1) is 11.1. The fourth-order valence-electron chi connectivity index (χ4n) is 3.66. The Bertz CT molecular complexity index is 729. The molecule has 0 spiro atoms. The van der Waals surface area contributed by atoms with E-state index in [0.29, 0.717) is 17.5 Å². The Kier molecular flexibility index (Phi) is 3.24. The number of rotatable bonds is 2. The molecule has 2 atom stereocenters. The predicted octanol–water partition coefficient (Wildman–Crippen LogP) is 0.122. The molecule has 8 heteroatoms. The normalized spacial score (nSPS) is 23.4. The first-order valence-electron chi connectivity index (χ1n) is 7.79. The van der Waals surface area contributed by atoms with Gasteiger partial charge in [-0.1, -0.05) is 5.21 Å². The van der Waals surface area contributed by atoms with Crippen LogP contribution in [-0.4, -0.2) is 61.9 Å². The molecule has 2 fully saturated rings. The molecule has 1 amide bonds. The standard InChI is InChI=1S/C15H19N7O/c1-10-3-16-9-17-14(10)21-4-11-6-22(7-12(11)5-21)15(23)13-8-20(2)19-18-13/h3,8-9,11-12H,4-7H2,1-2H3. The van der Waals surface area contributed by atoms with Gasteiger partial charge < -0.3 is 9.80 Å². The predicted molar refractivity (Wildman–Crippen MR) is 82.9 cm³/mol. The lowest BCUT2D eigenvalue weighted by Gasteiger charge is -2.22. The summed E-state index contributed by atoms with van der Waals surface area (Å²) >= 11 is 0. The molecular formula is C15H19N7O. The number of carbonyl (C=O) groups excluding carboxylic acids is 1. The Labute approximate surface area is 134 Å². The van der Waals surface area contributed by atoms with Gasteiger partial charge in [0.05, 0.1) is 6.20 Å². The summed E-state index contributed by atoms with van der Waals surface area (Å²) in [6.45, 7) is 5.47. The smallest absolute Gasteiger partial charge is 0.276 e. The van der Waals surface area contributed by atoms with Crippen LogP contribution in [0, 0.1) is 18.8 Å². The van der Waals surface area contributed by atoms with Gasteiger partial charge in [0, 0.05) is 56.8 Å². The zero-order valence-electron chi connectivity index (χ0n) is 13.3. The summed E-state index contributed by atoms with van der Waals surface area (Å²) < 4.78 is 1.56. The van der Waals surface area contributed by atoms with Gasteiger partial charge in [0.1, 0.15) is 12.1 Å². The summed E-state index contributed by atoms with van der Waals surface area (Å²) in [6, 6.07) is 0. The summed E-state index contributed by atoms with van der Waals surface area (Å²) in [5, 5.41) is 7.76. The summed E-state index contributed by atoms with van der Waals surface area (Å²) in [5.74, 6) is 1.98. The molecule has 2 unspecified atom stereocenters. The average Bonchev–Trinajstić information content (AvgIpc) is 3.21. The molecule has 0 bridgehead atoms. The van der Waals surface area contributed by atoms with Crippen molar-refractivity contribution in [2.45, 2.75) is 6.92 Å². The van der Waals surface area contributed by atoms with Crippen molar-refractivity contribution in [2.24, 2.45) is 18.9 Å². The van der Waals surface area contributed by atoms with Gasteiger partial charge >= 0.3 is 0 Å². The largest absolute Gasteiger partial charge is 0.356 e. The first-order valence-corrected chi connectivity index (χ1v) is 7.79. The Morgan fingerprint density at radius 2 is 1.96 bits per heavy atom. The van der Waals surface area contributed by atoms with E-state index >= 15 is 0 Å². The number of likely N-dealkylation sites (tertiary alicyclic amines) is 1. The average molecular weight is 313 g/mol. The third kappa shape index (κ3) is 2.43. The third-order valence-corrected chi connectivity index (χ3v) is 4.76. The minimum atomic E-state index is -0.0164. The number of amides is 1. The van der Waals surface area contributed by atoms with Crippen LogP contribution in [0.5, 0.6) is 0 Å². The molecule has 0 radical (unpaired) electrons. The molecule has 2 aromatic rings. The molecular weight excluding hydrogens is 294 g/mol. The highest BCUT2D eigenvalue weighted by molar-refractivity contribution is 5.92. The molecule has 0 saturated carbocycles. The van der Waals surface area contributed by atoms with Gasteiger partial charge in [0.2, 0.25) is 0 Å². The quantitative estimate of drug-likeness (QED) is 0.783. The number of hydrogen-bond donors (Lipinski definition) is 0. The van der Waals surface area contributed by atoms with Crippen LogP contribution in [0.25, 0.3) is 0 Å². The van der Waals surface area contributed by atoms with Crippen LogP contribution in [0.3, 0.4) is 0 Å². The minimum absolute atomic E-state index is 0.0164. The Hall–Kier alpha value is -2.51. The highest BCUT2D eigenvalue weighted by Crippen LogP contribution is 2.34. The van der Waals surface area contributed by atoms with E-state index in [0.717, 1.165) is 37.6 Å². The molecule has 4 heterocycles. The fraction of sp³-hybridized carbons (Fsp3) is 0.533. The zero-order chi connectivity index (χ0) is 16.0. The van der Waals surface area contributed by atoms with Crippen LogP contribution < -0.4 is 4.90 Å². The van der Waals surface area contributed by atoms with Crippen molar-refractivity contribution < 1.29 is 4.79 Å². The highest BCUT2D eigenvalue weighted by atomic mass is 16.2. The molecule has 0 aromatic carbocycles. The molecule has 23 heavy (non-hydrogen) atoms. The topological polar surface area (TPSA) is 80.0 Å². The van der Waals surface area contributed by atoms with Crippen molar-refractivity contribution in [1.29, 1.82) is 0 Å². The number of fused-ring (bicyclic) bond motifs is 1. The van der Waals surface area contributed by atoms with E-state index in [1.165, 1.54) is 0 Å². The second-order valence-electron chi connectivity index (χ2n) is 6.44. The Balaban J connectivity index is 1.44. The van der Waals surface area contributed by atoms with E-state index in [1.54, 1.807) is 24.3 Å². The monoisotopic (exact) mass is 313 g/mol. The lowest BCUT2D eigenvalue weighted by Crippen LogP contribution is -2.33. The van der Waals surface area contributed by atoms with Gasteiger partial charge in [-0.25, -0.2) is 9.97 Å². The third-order valence-electron chi connectivity index (χ3n) is 4.76. The van der Waals surface area contributed by atoms with Crippen LogP contribution in [-0.2, 0) is 7.05 Å². The molecule has 2 aliphatic rings. The van der Waals surface area contributed by atoms with Gasteiger partial charge in [-0.3, -0.25) is 9.48 Å².